The summed E-state index contributed by atoms with van der Waals surface area (Å²) in [6.07, 6.45) is 1.61. The van der Waals surface area contributed by atoms with Crippen molar-refractivity contribution in [2.45, 2.75) is 45.8 Å². The van der Waals surface area contributed by atoms with Crippen LogP contribution < -0.4 is 5.32 Å². The zero-order valence-electron chi connectivity index (χ0n) is 14.9. The molecular weight excluding hydrogens is 376 g/mol. The Bertz CT molecular complexity index is 742. The summed E-state index contributed by atoms with van der Waals surface area (Å²) in [5.74, 6) is 0.0923. The molecule has 4 heteroatoms. The zero-order chi connectivity index (χ0) is 17.8. The van der Waals surface area contributed by atoms with Crippen LogP contribution >= 0.6 is 15.9 Å². The molecule has 2 aromatic carbocycles. The Morgan fingerprint density at radius 1 is 1.24 bits per heavy atom. The number of hydrogen-bond acceptors (Lipinski definition) is 2. The lowest BCUT2D eigenvalue weighted by atomic mass is 9.99. The standard InChI is InChI=1S/C21H25BrN2O/c1-3-21(25)23-15(2)17-9-7-16(8-10-17)13-24-12-11-19-18(14-24)5-4-6-20(19)22/h4-10,15H,3,11-14H2,1-2H3,(H,23,25)/t15-/m0/s1. The summed E-state index contributed by atoms with van der Waals surface area (Å²) in [6.45, 7) is 6.95. The van der Waals surface area contributed by atoms with Gasteiger partial charge in [-0.05, 0) is 41.7 Å². The van der Waals surface area contributed by atoms with E-state index in [-0.39, 0.29) is 11.9 Å². The number of hydrogen-bond donors (Lipinski definition) is 1. The predicted octanol–water partition coefficient (Wildman–Crippen LogP) is 4.59. The van der Waals surface area contributed by atoms with Gasteiger partial charge in [0.15, 0.2) is 0 Å². The molecule has 0 aromatic heterocycles. The summed E-state index contributed by atoms with van der Waals surface area (Å²) in [5.41, 5.74) is 5.34. The van der Waals surface area contributed by atoms with Gasteiger partial charge in [-0.1, -0.05) is 59.3 Å². The first-order valence-electron chi connectivity index (χ1n) is 8.93. The number of nitrogens with zero attached hydrogens (tertiary/aromatic N) is 1. The van der Waals surface area contributed by atoms with Crippen LogP contribution in [0.1, 0.15) is 48.6 Å². The number of fused-ring (bicyclic) bond motifs is 1. The van der Waals surface area contributed by atoms with Crippen molar-refractivity contribution in [3.8, 4) is 0 Å². The van der Waals surface area contributed by atoms with Crippen LogP contribution in [0.2, 0.25) is 0 Å². The fourth-order valence-corrected chi connectivity index (χ4v) is 3.96. The van der Waals surface area contributed by atoms with Gasteiger partial charge in [0.1, 0.15) is 0 Å². The first-order chi connectivity index (χ1) is 12.1. The van der Waals surface area contributed by atoms with E-state index in [1.165, 1.54) is 21.2 Å². The van der Waals surface area contributed by atoms with E-state index in [2.05, 4.69) is 68.6 Å². The topological polar surface area (TPSA) is 32.3 Å². The van der Waals surface area contributed by atoms with Crippen LogP contribution in [0, 0.1) is 0 Å². The maximum absolute atomic E-state index is 11.5. The molecule has 1 aliphatic heterocycles. The van der Waals surface area contributed by atoms with E-state index in [0.717, 1.165) is 31.6 Å². The molecule has 3 nitrogen and oxygen atoms in total. The van der Waals surface area contributed by atoms with Crippen molar-refractivity contribution in [2.75, 3.05) is 6.54 Å². The molecule has 3 rings (SSSR count). The highest BCUT2D eigenvalue weighted by atomic mass is 79.9. The predicted molar refractivity (Wildman–Crippen MR) is 105 cm³/mol. The highest BCUT2D eigenvalue weighted by Crippen LogP contribution is 2.27. The molecule has 0 radical (unpaired) electrons. The second-order valence-electron chi connectivity index (χ2n) is 6.72. The number of rotatable bonds is 5. The van der Waals surface area contributed by atoms with E-state index in [0.29, 0.717) is 6.42 Å². The SMILES string of the molecule is CCC(=O)N[C@@H](C)c1ccc(CN2CCc3c(Br)cccc3C2)cc1. The lowest BCUT2D eigenvalue weighted by molar-refractivity contribution is -0.121. The van der Waals surface area contributed by atoms with Gasteiger partial charge in [-0.2, -0.15) is 0 Å². The van der Waals surface area contributed by atoms with Crippen LogP contribution in [0.15, 0.2) is 46.9 Å². The van der Waals surface area contributed by atoms with Gasteiger partial charge in [0, 0.05) is 30.5 Å². The second kappa shape index (κ2) is 8.15. The summed E-state index contributed by atoms with van der Waals surface area (Å²) in [4.78, 5) is 14.0. The lowest BCUT2D eigenvalue weighted by Crippen LogP contribution is -2.30. The van der Waals surface area contributed by atoms with Gasteiger partial charge >= 0.3 is 0 Å². The molecule has 1 aliphatic rings. The summed E-state index contributed by atoms with van der Waals surface area (Å²) >= 11 is 3.66. The Morgan fingerprint density at radius 2 is 2.00 bits per heavy atom. The largest absolute Gasteiger partial charge is 0.350 e. The maximum Gasteiger partial charge on any atom is 0.220 e. The molecule has 2 aromatic rings. The average Bonchev–Trinajstić information content (AvgIpc) is 2.62. The molecule has 0 aliphatic carbocycles. The van der Waals surface area contributed by atoms with Crippen molar-refractivity contribution < 1.29 is 4.79 Å². The second-order valence-corrected chi connectivity index (χ2v) is 7.58. The van der Waals surface area contributed by atoms with Crippen LogP contribution in [0.25, 0.3) is 0 Å². The van der Waals surface area contributed by atoms with Gasteiger partial charge in [0.25, 0.3) is 0 Å². The third-order valence-corrected chi connectivity index (χ3v) is 5.62. The summed E-state index contributed by atoms with van der Waals surface area (Å²) in [6, 6.07) is 15.2. The van der Waals surface area contributed by atoms with Crippen molar-refractivity contribution in [1.29, 1.82) is 0 Å². The molecule has 0 spiro atoms. The Morgan fingerprint density at radius 3 is 2.72 bits per heavy atom. The third kappa shape index (κ3) is 4.50. The van der Waals surface area contributed by atoms with Gasteiger partial charge in [-0.3, -0.25) is 9.69 Å². The average molecular weight is 401 g/mol. The number of benzene rings is 2. The Hall–Kier alpha value is -1.65. The minimum atomic E-state index is 0.0562. The first-order valence-corrected chi connectivity index (χ1v) is 9.73. The third-order valence-electron chi connectivity index (χ3n) is 4.87. The molecular formula is C21H25BrN2O. The molecule has 0 unspecified atom stereocenters. The Labute approximate surface area is 158 Å². The molecule has 0 saturated carbocycles. The maximum atomic E-state index is 11.5. The number of carbonyl (C=O) groups excluding carboxylic acids is 1. The van der Waals surface area contributed by atoms with Crippen LogP contribution in [0.3, 0.4) is 0 Å². The highest BCUT2D eigenvalue weighted by molar-refractivity contribution is 9.10. The van der Waals surface area contributed by atoms with Gasteiger partial charge in [0.05, 0.1) is 6.04 Å². The summed E-state index contributed by atoms with van der Waals surface area (Å²) < 4.78 is 1.23. The molecule has 1 N–H and O–H groups in total. The quantitative estimate of drug-likeness (QED) is 0.795. The summed E-state index contributed by atoms with van der Waals surface area (Å²) in [5, 5.41) is 3.01. The van der Waals surface area contributed by atoms with E-state index in [4.69, 9.17) is 0 Å². The number of nitrogens with one attached hydrogen (secondary N) is 1. The normalized spacial score (nSPS) is 15.5. The highest BCUT2D eigenvalue weighted by Gasteiger charge is 2.18. The van der Waals surface area contributed by atoms with Crippen LogP contribution in [0.4, 0.5) is 0 Å². The minimum absolute atomic E-state index is 0.0562. The van der Waals surface area contributed by atoms with E-state index in [1.54, 1.807) is 0 Å². The number of carbonyl (C=O) groups is 1. The van der Waals surface area contributed by atoms with Crippen LogP contribution in [-0.2, 0) is 24.3 Å². The lowest BCUT2D eigenvalue weighted by Gasteiger charge is -2.29. The smallest absolute Gasteiger partial charge is 0.220 e. The molecule has 0 fully saturated rings. The van der Waals surface area contributed by atoms with Crippen LogP contribution in [0.5, 0.6) is 0 Å². The minimum Gasteiger partial charge on any atom is -0.350 e. The van der Waals surface area contributed by atoms with Gasteiger partial charge in [-0.25, -0.2) is 0 Å². The molecule has 25 heavy (non-hydrogen) atoms. The number of amides is 1. The molecule has 0 bridgehead atoms. The first kappa shape index (κ1) is 18.2. The van der Waals surface area contributed by atoms with Crippen molar-refractivity contribution in [3.05, 3.63) is 69.2 Å². The molecule has 0 saturated heterocycles. The molecule has 132 valence electrons. The number of halogens is 1. The molecule has 1 amide bonds. The van der Waals surface area contributed by atoms with E-state index < -0.39 is 0 Å². The zero-order valence-corrected chi connectivity index (χ0v) is 16.5. The van der Waals surface area contributed by atoms with Crippen molar-refractivity contribution in [2.24, 2.45) is 0 Å². The van der Waals surface area contributed by atoms with Gasteiger partial charge in [-0.15, -0.1) is 0 Å². The fraction of sp³-hybridized carbons (Fsp3) is 0.381. The van der Waals surface area contributed by atoms with E-state index in [9.17, 15) is 4.79 Å². The Kier molecular flexibility index (Phi) is 5.92. The molecule has 1 atom stereocenters. The fourth-order valence-electron chi connectivity index (χ4n) is 3.35. The van der Waals surface area contributed by atoms with E-state index in [1.807, 2.05) is 13.8 Å². The van der Waals surface area contributed by atoms with E-state index >= 15 is 0 Å². The summed E-state index contributed by atoms with van der Waals surface area (Å²) in [7, 11) is 0. The molecule has 1 heterocycles. The van der Waals surface area contributed by atoms with Gasteiger partial charge < -0.3 is 5.32 Å². The van der Waals surface area contributed by atoms with Crippen molar-refractivity contribution in [3.63, 3.8) is 0 Å². The van der Waals surface area contributed by atoms with Gasteiger partial charge in [0.2, 0.25) is 5.91 Å². The van der Waals surface area contributed by atoms with Crippen LogP contribution in [-0.4, -0.2) is 17.4 Å². The van der Waals surface area contributed by atoms with Crippen molar-refractivity contribution in [1.82, 2.24) is 10.2 Å². The van der Waals surface area contributed by atoms with Crippen molar-refractivity contribution >= 4 is 21.8 Å². The monoisotopic (exact) mass is 400 g/mol. The Balaban J connectivity index is 1.61.